The number of ketones is 3. The minimum atomic E-state index is -1.59. The van der Waals surface area contributed by atoms with Crippen LogP contribution in [0.1, 0.15) is 148 Å². The van der Waals surface area contributed by atoms with Crippen LogP contribution in [0.2, 0.25) is 0 Å². The summed E-state index contributed by atoms with van der Waals surface area (Å²) >= 11 is 0. The molecule has 7 aliphatic rings. The van der Waals surface area contributed by atoms with Crippen molar-refractivity contribution < 1.29 is 130 Å². The first kappa shape index (κ1) is 95.4. The number of aryl methyl sites for hydroxylation is 1. The molecule has 0 saturated carbocycles. The third kappa shape index (κ3) is 29.4. The highest BCUT2D eigenvalue weighted by Crippen LogP contribution is 2.42. The van der Waals surface area contributed by atoms with E-state index in [1.54, 1.807) is 67.3 Å². The van der Waals surface area contributed by atoms with Gasteiger partial charge >= 0.3 is 18.2 Å². The smallest absolute Gasteiger partial charge is 0.416 e. The van der Waals surface area contributed by atoms with Gasteiger partial charge in [-0.2, -0.15) is 0 Å². The van der Waals surface area contributed by atoms with Gasteiger partial charge in [0.2, 0.25) is 41.1 Å². The summed E-state index contributed by atoms with van der Waals surface area (Å²) in [5, 5.41) is 35.2. The van der Waals surface area contributed by atoms with E-state index in [4.69, 9.17) is 52.1 Å². The minimum Gasteiger partial charge on any atom is -0.493 e. The minimum absolute atomic E-state index is 0.0156. The molecule has 0 spiro atoms. The molecule has 11 rings (SSSR count). The molecule has 4 aromatic carbocycles. The Morgan fingerprint density at radius 2 is 1.11 bits per heavy atom. The van der Waals surface area contributed by atoms with Gasteiger partial charge in [0.25, 0.3) is 11.8 Å². The Kier molecular flexibility index (Phi) is 38.0. The lowest BCUT2D eigenvalue weighted by Crippen LogP contribution is -2.53. The summed E-state index contributed by atoms with van der Waals surface area (Å²) in [4.78, 5) is 180. The average molecular weight is 1710 g/mol. The molecule has 123 heavy (non-hydrogen) atoms. The van der Waals surface area contributed by atoms with Crippen LogP contribution in [0.25, 0.3) is 0 Å². The molecule has 0 aromatic heterocycles. The van der Waals surface area contributed by atoms with Crippen molar-refractivity contribution >= 4 is 99.6 Å². The van der Waals surface area contributed by atoms with Gasteiger partial charge in [0.15, 0.2) is 23.5 Å². The van der Waals surface area contributed by atoms with Gasteiger partial charge in [0, 0.05) is 101 Å². The molecule has 1 unspecified atom stereocenters. The lowest BCUT2D eigenvalue weighted by molar-refractivity contribution is -0.368. The number of carboxylic acid groups (broad SMARTS) is 1. The van der Waals surface area contributed by atoms with Gasteiger partial charge in [0.05, 0.1) is 140 Å². The predicted octanol–water partition coefficient (Wildman–Crippen LogP) is 5.29. The summed E-state index contributed by atoms with van der Waals surface area (Å²) in [5.41, 5.74) is 7.12. The molecule has 7 heterocycles. The number of anilines is 4. The van der Waals surface area contributed by atoms with Gasteiger partial charge < -0.3 is 104 Å². The second kappa shape index (κ2) is 49.0. The molecule has 666 valence electrons. The van der Waals surface area contributed by atoms with E-state index in [0.29, 0.717) is 79.6 Å². The molecule has 4 aromatic rings. The number of carboxylic acids is 1. The molecule has 0 radical (unpaired) electrons. The second-order valence-electron chi connectivity index (χ2n) is 30.3. The van der Waals surface area contributed by atoms with Crippen molar-refractivity contribution in [1.29, 1.82) is 0 Å². The molecule has 7 aliphatic heterocycles. The Balaban J connectivity index is 0.831. The summed E-state index contributed by atoms with van der Waals surface area (Å²) in [6, 6.07) is 13.9. The number of fused-ring (bicyclic) bond motifs is 4. The van der Waals surface area contributed by atoms with Crippen molar-refractivity contribution in [3.63, 3.8) is 0 Å². The number of nitrogens with one attached hydrogen (secondary N) is 5. The fourth-order valence-electron chi connectivity index (χ4n) is 14.1. The Bertz CT molecular complexity index is 4440. The highest BCUT2D eigenvalue weighted by molar-refractivity contribution is 6.08. The Labute approximate surface area is 713 Å². The Morgan fingerprint density at radius 3 is 1.69 bits per heavy atom. The van der Waals surface area contributed by atoms with Gasteiger partial charge in [-0.3, -0.25) is 57.6 Å². The third-order valence-corrected chi connectivity index (χ3v) is 20.8. The number of aliphatic hydroxyl groups excluding tert-OH is 1. The molecule has 8 bridgehead atoms. The zero-order chi connectivity index (χ0) is 88.3. The molecule has 7 atom stereocenters. The topological polar surface area (TPSA) is 465 Å². The lowest BCUT2D eigenvalue weighted by atomic mass is 10.00. The number of ether oxygens (including phenoxy) is 11. The standard InChI is InChI=1S/C87H112N10O26/c1-55-44-72-85(110)97-71-50-74(56(2)45-66(71)84(109)95(72)51-55)120-32-11-33-121-76-49-70-67(47-75(76)113-5)83(108)94-29-8-12-63(94)52-96(70)86(111)122-53-59-18-22-62(23-19-59)91-82(107)69(48-79(103)104)93-81(106)68(15-6-7-28-88)92-78(102)27-35-117-39-43-119-41-37-115-31-10-14-65(99)25-24-64(98)13-9-30-114-36-40-118-42-38-116-34-26-77(101)89-58(4)73(100)46-57(3)80(105)90-61-20-16-60(17-21-61)54-123-87(97)112/h16-23,45,47,49-50,57-58,63,68-69,72,85,110H,1,6-15,26-44,46,48,51-54,88H2,2-5H3,(H,89,101)(H,90,105)(H,91,107)(H,92,102)(H,93,106)(H,103,104)/p+1/t57-,58+,63+,68+,69+,72+,85?/m1/s1. The van der Waals surface area contributed by atoms with Crippen molar-refractivity contribution in [3.05, 3.63) is 113 Å². The van der Waals surface area contributed by atoms with Gasteiger partial charge in [-0.15, -0.1) is 0 Å². The number of amides is 9. The fraction of sp³-hybridized carbons (Fsp3) is 0.529. The summed E-state index contributed by atoms with van der Waals surface area (Å²) in [6.45, 7) is 11.8. The maximum Gasteiger partial charge on any atom is 0.416 e. The second-order valence-corrected chi connectivity index (χ2v) is 30.3. The highest BCUT2D eigenvalue weighted by atomic mass is 16.6. The zero-order valence-electron chi connectivity index (χ0n) is 70.1. The normalized spacial score (nSPS) is 23.1. The number of benzene rings is 4. The van der Waals surface area contributed by atoms with Crippen molar-refractivity contribution in [2.75, 3.05) is 146 Å². The lowest BCUT2D eigenvalue weighted by Gasteiger charge is -2.31. The summed E-state index contributed by atoms with van der Waals surface area (Å²) in [7, 11) is 1.41. The van der Waals surface area contributed by atoms with Crippen LogP contribution >= 0.6 is 0 Å². The van der Waals surface area contributed by atoms with E-state index >= 15 is 0 Å². The first-order valence-electron chi connectivity index (χ1n) is 41.5. The number of Topliss-reactive ketones (excluding diaryl/α,β-unsaturated/α-hetero) is 3. The van der Waals surface area contributed by atoms with Crippen molar-refractivity contribution in [2.24, 2.45) is 5.92 Å². The van der Waals surface area contributed by atoms with Crippen LogP contribution in [-0.4, -0.2) is 259 Å². The number of hydrogen-bond donors (Lipinski definition) is 8. The van der Waals surface area contributed by atoms with E-state index in [9.17, 15) is 72.5 Å². The average Bonchev–Trinajstić information content (AvgIpc) is 1.63. The van der Waals surface area contributed by atoms with Crippen LogP contribution in [-0.2, 0) is 94.3 Å². The molecular formula is C87H113N10O26+. The summed E-state index contributed by atoms with van der Waals surface area (Å²) < 4.78 is 63.4. The predicted molar refractivity (Wildman–Crippen MR) is 443 cm³/mol. The molecule has 0 aliphatic carbocycles. The third-order valence-electron chi connectivity index (χ3n) is 20.8. The number of carbonyl (C=O) groups excluding carboxylic acids is 12. The van der Waals surface area contributed by atoms with Crippen molar-refractivity contribution in [2.45, 2.75) is 167 Å². The monoisotopic (exact) mass is 1710 g/mol. The first-order valence-corrected chi connectivity index (χ1v) is 41.5. The quantitative estimate of drug-likeness (QED) is 0.0504. The molecule has 9 amide bonds. The van der Waals surface area contributed by atoms with Crippen molar-refractivity contribution in [1.82, 2.24) is 25.8 Å². The van der Waals surface area contributed by atoms with Crippen LogP contribution in [0.5, 0.6) is 17.2 Å². The van der Waals surface area contributed by atoms with E-state index in [1.165, 1.54) is 48.1 Å². The van der Waals surface area contributed by atoms with E-state index in [-0.39, 0.29) is 233 Å². The number of nitrogens with zero attached hydrogens (tertiary/aromatic N) is 4. The number of aliphatic hydroxyl groups is 1. The highest BCUT2D eigenvalue weighted by Gasteiger charge is 2.47. The van der Waals surface area contributed by atoms with Gasteiger partial charge in [-0.25, -0.2) is 14.5 Å². The summed E-state index contributed by atoms with van der Waals surface area (Å²) in [5.74, 6) is -1.78. The van der Waals surface area contributed by atoms with Crippen LogP contribution in [0.15, 0.2) is 84.9 Å². The molecular weight excluding hydrogens is 1600 g/mol. The maximum atomic E-state index is 14.4. The number of unbranched alkanes of at least 4 members (excludes halogenated alkanes) is 1. The van der Waals surface area contributed by atoms with E-state index in [0.717, 1.165) is 4.90 Å². The first-order chi connectivity index (χ1) is 59.3. The largest absolute Gasteiger partial charge is 0.493 e. The van der Waals surface area contributed by atoms with E-state index in [2.05, 4.69) is 50.7 Å². The molecule has 2 fully saturated rings. The fourth-order valence-corrected chi connectivity index (χ4v) is 14.1. The SMILES string of the molecule is C=C1C[C@H]2C(O)N3C(=O)OCc4ccc(cc4)NC(=O)[C@H](C)CC(=O)[C@H](C)NC(=O)CCOCCOCCOCCCC(=O)C#CC(=O)CCCOCCOCCOCCC(=O)N[C@@H](CCCC[NH3+])C(=O)N[C@@H](CC(=O)O)C(=O)Nc4ccc(cc4)COC(=O)N4C[C@@H]5CCCN5C(=O)c5cc(OC)c(cc54)OCCCOc4cc3c(cc4C)C(=O)N2C1. The van der Waals surface area contributed by atoms with E-state index < -0.39 is 108 Å². The van der Waals surface area contributed by atoms with E-state index in [1.807, 2.05) is 0 Å². The zero-order valence-corrected chi connectivity index (χ0v) is 70.1. The number of quaternary nitrogens is 1. The van der Waals surface area contributed by atoms with Crippen LogP contribution in [0.3, 0.4) is 0 Å². The number of aliphatic carboxylic acids is 1. The van der Waals surface area contributed by atoms with Gasteiger partial charge in [-0.05, 0) is 130 Å². The van der Waals surface area contributed by atoms with Crippen LogP contribution < -0.4 is 56.3 Å². The number of rotatable bonds is 7. The number of hydrogen-bond acceptors (Lipinski definition) is 25. The molecule has 36 heteroatoms. The van der Waals surface area contributed by atoms with Gasteiger partial charge in [0.1, 0.15) is 31.0 Å². The Morgan fingerprint density at radius 1 is 0.569 bits per heavy atom. The van der Waals surface area contributed by atoms with Gasteiger partial charge in [-0.1, -0.05) is 43.3 Å². The Hall–Kier alpha value is -11.4. The summed E-state index contributed by atoms with van der Waals surface area (Å²) in [6.07, 6.45) is -0.550. The number of methoxy groups -OCH3 is 1. The molecule has 2 saturated heterocycles. The number of carbonyl (C=O) groups is 13. The van der Waals surface area contributed by atoms with Crippen LogP contribution in [0.4, 0.5) is 32.3 Å². The maximum absolute atomic E-state index is 14.4. The molecule has 36 nitrogen and oxygen atoms in total. The molecule has 10 N–H and O–H groups in total. The van der Waals surface area contributed by atoms with Crippen LogP contribution in [0, 0.1) is 24.7 Å². The van der Waals surface area contributed by atoms with Crippen molar-refractivity contribution in [3.8, 4) is 29.1 Å².